The SMILES string of the molecule is O=C1C(Cl)=C(c2cccs2)C(=O)N1Cc1ccco1. The van der Waals surface area contributed by atoms with Crippen molar-refractivity contribution in [2.24, 2.45) is 0 Å². The lowest BCUT2D eigenvalue weighted by Gasteiger charge is -2.12. The van der Waals surface area contributed by atoms with Gasteiger partial charge in [-0.1, -0.05) is 17.7 Å². The van der Waals surface area contributed by atoms with Crippen molar-refractivity contribution in [2.75, 3.05) is 0 Å². The fraction of sp³-hybridized carbons (Fsp3) is 0.0769. The number of amides is 2. The minimum Gasteiger partial charge on any atom is -0.467 e. The van der Waals surface area contributed by atoms with E-state index < -0.39 is 5.91 Å². The zero-order chi connectivity index (χ0) is 13.4. The van der Waals surface area contributed by atoms with E-state index in [1.807, 2.05) is 11.4 Å². The molecule has 1 aliphatic rings. The van der Waals surface area contributed by atoms with Gasteiger partial charge >= 0.3 is 0 Å². The van der Waals surface area contributed by atoms with Gasteiger partial charge in [-0.15, -0.1) is 11.3 Å². The number of rotatable bonds is 3. The lowest BCUT2D eigenvalue weighted by Crippen LogP contribution is -2.30. The summed E-state index contributed by atoms with van der Waals surface area (Å²) in [6.07, 6.45) is 1.50. The molecule has 2 aromatic heterocycles. The smallest absolute Gasteiger partial charge is 0.273 e. The minimum atomic E-state index is -0.480. The Kier molecular flexibility index (Phi) is 3.00. The topological polar surface area (TPSA) is 50.5 Å². The van der Waals surface area contributed by atoms with Gasteiger partial charge in [-0.25, -0.2) is 0 Å². The van der Waals surface area contributed by atoms with Crippen molar-refractivity contribution < 1.29 is 14.0 Å². The number of nitrogens with zero attached hydrogens (tertiary/aromatic N) is 1. The van der Waals surface area contributed by atoms with E-state index in [4.69, 9.17) is 16.0 Å². The fourth-order valence-corrected chi connectivity index (χ4v) is 2.99. The Balaban J connectivity index is 1.92. The fourth-order valence-electron chi connectivity index (χ4n) is 1.88. The number of imide groups is 1. The van der Waals surface area contributed by atoms with E-state index in [0.717, 1.165) is 4.90 Å². The molecule has 0 spiro atoms. The summed E-state index contributed by atoms with van der Waals surface area (Å²) in [4.78, 5) is 26.1. The molecular formula is C13H8ClNO3S. The molecule has 3 rings (SSSR count). The Bertz CT molecular complexity index is 658. The van der Waals surface area contributed by atoms with Gasteiger partial charge in [0.05, 0.1) is 18.4 Å². The summed E-state index contributed by atoms with van der Waals surface area (Å²) in [6.45, 7) is 0.0930. The first kappa shape index (κ1) is 12.2. The van der Waals surface area contributed by atoms with Gasteiger partial charge in [0.25, 0.3) is 11.8 Å². The van der Waals surface area contributed by atoms with Crippen molar-refractivity contribution in [1.29, 1.82) is 0 Å². The molecule has 0 aromatic carbocycles. The van der Waals surface area contributed by atoms with Gasteiger partial charge in [-0.05, 0) is 23.6 Å². The van der Waals surface area contributed by atoms with Crippen molar-refractivity contribution in [2.45, 2.75) is 6.54 Å². The molecule has 0 bridgehead atoms. The second kappa shape index (κ2) is 4.68. The maximum Gasteiger partial charge on any atom is 0.273 e. The molecule has 2 aromatic rings. The number of halogens is 1. The van der Waals surface area contributed by atoms with E-state index in [-0.39, 0.29) is 23.1 Å². The standard InChI is InChI=1S/C13H8ClNO3S/c14-11-10(9-4-2-6-19-9)12(16)15(13(11)17)7-8-3-1-5-18-8/h1-6H,7H2. The number of thiophene rings is 1. The van der Waals surface area contributed by atoms with Gasteiger partial charge in [0.1, 0.15) is 10.8 Å². The van der Waals surface area contributed by atoms with E-state index in [9.17, 15) is 9.59 Å². The van der Waals surface area contributed by atoms with Gasteiger partial charge in [-0.2, -0.15) is 0 Å². The summed E-state index contributed by atoms with van der Waals surface area (Å²) in [5, 5.41) is 1.80. The molecular weight excluding hydrogens is 286 g/mol. The molecule has 3 heterocycles. The van der Waals surface area contributed by atoms with Crippen LogP contribution in [0.4, 0.5) is 0 Å². The molecule has 96 valence electrons. The van der Waals surface area contributed by atoms with Crippen LogP contribution in [0.2, 0.25) is 0 Å². The third kappa shape index (κ3) is 2.01. The first-order valence-corrected chi connectivity index (χ1v) is 6.76. The van der Waals surface area contributed by atoms with Crippen LogP contribution >= 0.6 is 22.9 Å². The summed E-state index contributed by atoms with van der Waals surface area (Å²) in [5.41, 5.74) is 0.272. The number of hydrogen-bond donors (Lipinski definition) is 0. The average Bonchev–Trinajstić information content (AvgIpc) is 3.10. The quantitative estimate of drug-likeness (QED) is 0.818. The summed E-state index contributed by atoms with van der Waals surface area (Å²) >= 11 is 7.37. The first-order valence-electron chi connectivity index (χ1n) is 5.50. The van der Waals surface area contributed by atoms with Crippen molar-refractivity contribution in [3.05, 3.63) is 51.6 Å². The van der Waals surface area contributed by atoms with E-state index in [1.165, 1.54) is 17.6 Å². The minimum absolute atomic E-state index is 0.0287. The Morgan fingerprint density at radius 2 is 2.05 bits per heavy atom. The van der Waals surface area contributed by atoms with Crippen LogP contribution in [0.3, 0.4) is 0 Å². The molecule has 0 N–H and O–H groups in total. The highest BCUT2D eigenvalue weighted by atomic mass is 35.5. The van der Waals surface area contributed by atoms with Crippen LogP contribution in [0.5, 0.6) is 0 Å². The molecule has 1 aliphatic heterocycles. The van der Waals surface area contributed by atoms with Crippen LogP contribution in [0.25, 0.3) is 5.57 Å². The molecule has 2 amide bonds. The molecule has 0 fully saturated rings. The first-order chi connectivity index (χ1) is 9.18. The van der Waals surface area contributed by atoms with E-state index in [1.54, 1.807) is 18.2 Å². The lowest BCUT2D eigenvalue weighted by molar-refractivity contribution is -0.137. The van der Waals surface area contributed by atoms with Gasteiger partial charge < -0.3 is 4.42 Å². The highest BCUT2D eigenvalue weighted by Gasteiger charge is 2.38. The number of furan rings is 1. The third-order valence-corrected chi connectivity index (χ3v) is 4.01. The van der Waals surface area contributed by atoms with Gasteiger partial charge in [0.15, 0.2) is 0 Å². The van der Waals surface area contributed by atoms with Gasteiger partial charge in [0, 0.05) is 4.88 Å². The molecule has 4 nitrogen and oxygen atoms in total. The normalized spacial score (nSPS) is 15.7. The van der Waals surface area contributed by atoms with Crippen molar-refractivity contribution in [1.82, 2.24) is 4.90 Å². The van der Waals surface area contributed by atoms with Crippen molar-refractivity contribution >= 4 is 40.3 Å². The second-order valence-corrected chi connectivity index (χ2v) is 5.27. The van der Waals surface area contributed by atoms with Crippen LogP contribution in [-0.4, -0.2) is 16.7 Å². The van der Waals surface area contributed by atoms with E-state index >= 15 is 0 Å². The monoisotopic (exact) mass is 293 g/mol. The Morgan fingerprint density at radius 3 is 2.68 bits per heavy atom. The zero-order valence-electron chi connectivity index (χ0n) is 9.63. The average molecular weight is 294 g/mol. The Hall–Kier alpha value is -1.85. The highest BCUT2D eigenvalue weighted by Crippen LogP contribution is 2.34. The summed E-state index contributed by atoms with van der Waals surface area (Å²) < 4.78 is 5.15. The van der Waals surface area contributed by atoms with Crippen LogP contribution in [-0.2, 0) is 16.1 Å². The maximum absolute atomic E-state index is 12.3. The van der Waals surface area contributed by atoms with E-state index in [2.05, 4.69) is 0 Å². The van der Waals surface area contributed by atoms with Crippen molar-refractivity contribution in [3.8, 4) is 0 Å². The van der Waals surface area contributed by atoms with Gasteiger partial charge in [-0.3, -0.25) is 14.5 Å². The molecule has 0 radical (unpaired) electrons. The summed E-state index contributed by atoms with van der Waals surface area (Å²) in [7, 11) is 0. The van der Waals surface area contributed by atoms with Gasteiger partial charge in [0.2, 0.25) is 0 Å². The lowest BCUT2D eigenvalue weighted by atomic mass is 10.2. The molecule has 19 heavy (non-hydrogen) atoms. The Labute approximate surface area is 117 Å². The molecule has 0 saturated heterocycles. The van der Waals surface area contributed by atoms with Crippen LogP contribution in [0.1, 0.15) is 10.6 Å². The number of hydrogen-bond acceptors (Lipinski definition) is 4. The number of carbonyl (C=O) groups excluding carboxylic acids is 2. The van der Waals surface area contributed by atoms with Crippen LogP contribution in [0, 0.1) is 0 Å². The zero-order valence-corrected chi connectivity index (χ0v) is 11.2. The molecule has 0 unspecified atom stereocenters. The summed E-state index contributed by atoms with van der Waals surface area (Å²) in [6, 6.07) is 6.99. The largest absolute Gasteiger partial charge is 0.467 e. The maximum atomic E-state index is 12.3. The predicted molar refractivity (Wildman–Crippen MR) is 71.4 cm³/mol. The summed E-state index contributed by atoms with van der Waals surface area (Å²) in [5.74, 6) is -0.320. The van der Waals surface area contributed by atoms with E-state index in [0.29, 0.717) is 10.6 Å². The van der Waals surface area contributed by atoms with Crippen LogP contribution < -0.4 is 0 Å². The van der Waals surface area contributed by atoms with Crippen LogP contribution in [0.15, 0.2) is 45.4 Å². The van der Waals surface area contributed by atoms with Crippen molar-refractivity contribution in [3.63, 3.8) is 0 Å². The predicted octanol–water partition coefficient (Wildman–Crippen LogP) is 2.86. The molecule has 6 heteroatoms. The highest BCUT2D eigenvalue weighted by molar-refractivity contribution is 7.11. The molecule has 0 aliphatic carbocycles. The number of carbonyl (C=O) groups is 2. The Morgan fingerprint density at radius 1 is 1.21 bits per heavy atom. The molecule has 0 saturated carbocycles. The third-order valence-electron chi connectivity index (χ3n) is 2.77. The molecule has 0 atom stereocenters. The second-order valence-electron chi connectivity index (χ2n) is 3.94.